The molecule has 0 heterocycles. The van der Waals surface area contributed by atoms with Gasteiger partial charge in [0.05, 0.1) is 4.92 Å². The highest BCUT2D eigenvalue weighted by molar-refractivity contribution is 5.90. The monoisotopic (exact) mass is 399 g/mol. The van der Waals surface area contributed by atoms with Crippen LogP contribution in [0, 0.1) is 10.1 Å². The van der Waals surface area contributed by atoms with E-state index in [0.717, 1.165) is 5.56 Å². The number of nitrogens with one attached hydrogen (secondary N) is 2. The van der Waals surface area contributed by atoms with E-state index in [1.165, 1.54) is 31.2 Å². The quantitative estimate of drug-likeness (QED) is 0.431. The number of nitro benzene ring substituents is 1. The largest absolute Gasteiger partial charge is 0.480 e. The number of benzene rings is 2. The molecule has 0 aliphatic heterocycles. The number of hydrogen-bond acceptors (Lipinski definition) is 5. The first kappa shape index (κ1) is 21.5. The molecular formula is C20H21N3O6. The van der Waals surface area contributed by atoms with E-state index >= 15 is 0 Å². The number of aliphatic carboxylic acids is 1. The lowest BCUT2D eigenvalue weighted by Gasteiger charge is -2.21. The molecule has 2 aromatic rings. The zero-order valence-electron chi connectivity index (χ0n) is 15.7. The lowest BCUT2D eigenvalue weighted by atomic mass is 10.0. The Balaban J connectivity index is 2.11. The number of non-ortho nitro benzene ring substituents is 1. The number of carbonyl (C=O) groups excluding carboxylic acids is 2. The van der Waals surface area contributed by atoms with Gasteiger partial charge in [-0.25, -0.2) is 4.79 Å². The summed E-state index contributed by atoms with van der Waals surface area (Å²) in [6, 6.07) is 12.2. The van der Waals surface area contributed by atoms with Crippen LogP contribution in [0.25, 0.3) is 0 Å². The van der Waals surface area contributed by atoms with Crippen molar-refractivity contribution in [1.29, 1.82) is 0 Å². The Morgan fingerprint density at radius 1 is 0.931 bits per heavy atom. The van der Waals surface area contributed by atoms with Gasteiger partial charge in [-0.15, -0.1) is 0 Å². The molecular weight excluding hydrogens is 378 g/mol. The van der Waals surface area contributed by atoms with Gasteiger partial charge >= 0.3 is 5.97 Å². The fourth-order valence-electron chi connectivity index (χ4n) is 2.77. The van der Waals surface area contributed by atoms with Crippen LogP contribution in [-0.2, 0) is 27.2 Å². The first-order valence-corrected chi connectivity index (χ1v) is 8.84. The van der Waals surface area contributed by atoms with Crippen molar-refractivity contribution in [3.05, 3.63) is 75.8 Å². The first-order chi connectivity index (χ1) is 13.8. The van der Waals surface area contributed by atoms with Gasteiger partial charge in [0.15, 0.2) is 0 Å². The lowest BCUT2D eigenvalue weighted by Crippen LogP contribution is -2.52. The minimum atomic E-state index is -1.25. The Bertz CT molecular complexity index is 883. The Hall–Kier alpha value is -3.75. The molecule has 3 N–H and O–H groups in total. The lowest BCUT2D eigenvalue weighted by molar-refractivity contribution is -0.384. The van der Waals surface area contributed by atoms with E-state index in [1.54, 1.807) is 24.3 Å². The van der Waals surface area contributed by atoms with Gasteiger partial charge in [-0.2, -0.15) is 0 Å². The van der Waals surface area contributed by atoms with Crippen LogP contribution in [0.4, 0.5) is 5.69 Å². The van der Waals surface area contributed by atoms with Gasteiger partial charge in [-0.05, 0) is 11.1 Å². The SMILES string of the molecule is CC(=O)N[C@H](Cc1ccccc1)C(=O)N[C@@H](Cc1ccc([N+](=O)[O-])cc1)C(=O)O. The van der Waals surface area contributed by atoms with Gasteiger partial charge < -0.3 is 15.7 Å². The summed E-state index contributed by atoms with van der Waals surface area (Å²) in [6.07, 6.45) is 0.146. The second-order valence-electron chi connectivity index (χ2n) is 6.47. The number of hydrogen-bond donors (Lipinski definition) is 3. The summed E-state index contributed by atoms with van der Waals surface area (Å²) in [4.78, 5) is 45.9. The molecule has 0 fully saturated rings. The molecule has 29 heavy (non-hydrogen) atoms. The summed E-state index contributed by atoms with van der Waals surface area (Å²) in [5.74, 6) is -2.29. The van der Waals surface area contributed by atoms with Crippen LogP contribution in [0.3, 0.4) is 0 Å². The summed E-state index contributed by atoms with van der Waals surface area (Å²) >= 11 is 0. The molecule has 0 aliphatic rings. The van der Waals surface area contributed by atoms with Crippen LogP contribution in [0.5, 0.6) is 0 Å². The third kappa shape index (κ3) is 6.73. The number of carboxylic acids is 1. The molecule has 9 nitrogen and oxygen atoms in total. The molecule has 2 rings (SSSR count). The summed E-state index contributed by atoms with van der Waals surface area (Å²) < 4.78 is 0. The molecule has 0 radical (unpaired) electrons. The maximum atomic E-state index is 12.7. The van der Waals surface area contributed by atoms with Gasteiger partial charge in [-0.1, -0.05) is 42.5 Å². The molecule has 2 amide bonds. The minimum Gasteiger partial charge on any atom is -0.480 e. The highest BCUT2D eigenvalue weighted by atomic mass is 16.6. The fourth-order valence-corrected chi connectivity index (χ4v) is 2.77. The molecule has 0 bridgehead atoms. The van der Waals surface area contributed by atoms with E-state index in [0.29, 0.717) is 5.56 Å². The second-order valence-corrected chi connectivity index (χ2v) is 6.47. The van der Waals surface area contributed by atoms with Crippen molar-refractivity contribution in [1.82, 2.24) is 10.6 Å². The Morgan fingerprint density at radius 3 is 2.00 bits per heavy atom. The molecule has 0 saturated carbocycles. The van der Waals surface area contributed by atoms with Crippen molar-refractivity contribution in [2.75, 3.05) is 0 Å². The topological polar surface area (TPSA) is 139 Å². The summed E-state index contributed by atoms with van der Waals surface area (Å²) in [5.41, 5.74) is 1.21. The molecule has 9 heteroatoms. The van der Waals surface area contributed by atoms with Gasteiger partial charge in [0.25, 0.3) is 5.69 Å². The van der Waals surface area contributed by atoms with Crippen molar-refractivity contribution < 1.29 is 24.4 Å². The van der Waals surface area contributed by atoms with E-state index in [9.17, 15) is 29.6 Å². The molecule has 2 aromatic carbocycles. The van der Waals surface area contributed by atoms with Gasteiger partial charge in [-0.3, -0.25) is 19.7 Å². The van der Waals surface area contributed by atoms with E-state index in [2.05, 4.69) is 10.6 Å². The second kappa shape index (κ2) is 9.98. The van der Waals surface area contributed by atoms with Crippen LogP contribution in [0.2, 0.25) is 0 Å². The molecule has 2 atom stereocenters. The van der Waals surface area contributed by atoms with E-state index in [4.69, 9.17) is 0 Å². The van der Waals surface area contributed by atoms with Crippen LogP contribution < -0.4 is 10.6 Å². The average molecular weight is 399 g/mol. The van der Waals surface area contributed by atoms with Crippen LogP contribution in [0.1, 0.15) is 18.1 Å². The average Bonchev–Trinajstić information content (AvgIpc) is 2.67. The number of amides is 2. The minimum absolute atomic E-state index is 0.0583. The Labute approximate surface area is 166 Å². The maximum absolute atomic E-state index is 12.7. The summed E-state index contributed by atoms with van der Waals surface area (Å²) in [6.45, 7) is 1.27. The van der Waals surface area contributed by atoms with E-state index in [-0.39, 0.29) is 18.5 Å². The third-order valence-corrected chi connectivity index (χ3v) is 4.18. The predicted molar refractivity (Wildman–Crippen MR) is 104 cm³/mol. The number of carboxylic acid groups (broad SMARTS) is 1. The van der Waals surface area contributed by atoms with Crippen LogP contribution in [0.15, 0.2) is 54.6 Å². The van der Waals surface area contributed by atoms with Gasteiger partial charge in [0.2, 0.25) is 11.8 Å². The van der Waals surface area contributed by atoms with E-state index in [1.807, 2.05) is 6.07 Å². The molecule has 0 aromatic heterocycles. The van der Waals surface area contributed by atoms with E-state index < -0.39 is 34.8 Å². The normalized spacial score (nSPS) is 12.4. The zero-order chi connectivity index (χ0) is 21.4. The number of nitro groups is 1. The Kier molecular flexibility index (Phi) is 7.41. The maximum Gasteiger partial charge on any atom is 0.326 e. The number of carbonyl (C=O) groups is 3. The number of rotatable bonds is 9. The highest BCUT2D eigenvalue weighted by Gasteiger charge is 2.26. The Morgan fingerprint density at radius 2 is 1.48 bits per heavy atom. The van der Waals surface area contributed by atoms with Crippen molar-refractivity contribution in [2.24, 2.45) is 0 Å². The summed E-state index contributed by atoms with van der Waals surface area (Å²) in [5, 5.41) is 25.2. The smallest absolute Gasteiger partial charge is 0.326 e. The molecule has 0 aliphatic carbocycles. The van der Waals surface area contributed by atoms with Crippen molar-refractivity contribution >= 4 is 23.5 Å². The predicted octanol–water partition coefficient (Wildman–Crippen LogP) is 1.45. The van der Waals surface area contributed by atoms with Crippen molar-refractivity contribution in [3.63, 3.8) is 0 Å². The standard InChI is InChI=1S/C20H21N3O6/c1-13(24)21-17(11-14-5-3-2-4-6-14)19(25)22-18(20(26)27)12-15-7-9-16(10-8-15)23(28)29/h2-10,17-18H,11-12H2,1H3,(H,21,24)(H,22,25)(H,26,27)/t17-,18+/m1/s1. The number of nitrogens with zero attached hydrogens (tertiary/aromatic N) is 1. The van der Waals surface area contributed by atoms with Gasteiger partial charge in [0, 0.05) is 31.9 Å². The van der Waals surface area contributed by atoms with Crippen molar-refractivity contribution in [3.8, 4) is 0 Å². The fraction of sp³-hybridized carbons (Fsp3) is 0.250. The molecule has 0 spiro atoms. The van der Waals surface area contributed by atoms with Gasteiger partial charge in [0.1, 0.15) is 12.1 Å². The highest BCUT2D eigenvalue weighted by Crippen LogP contribution is 2.13. The first-order valence-electron chi connectivity index (χ1n) is 8.84. The van der Waals surface area contributed by atoms with Crippen LogP contribution >= 0.6 is 0 Å². The molecule has 152 valence electrons. The molecule has 0 saturated heterocycles. The van der Waals surface area contributed by atoms with Crippen LogP contribution in [-0.4, -0.2) is 39.9 Å². The molecule has 0 unspecified atom stereocenters. The zero-order valence-corrected chi connectivity index (χ0v) is 15.7. The summed E-state index contributed by atoms with van der Waals surface area (Å²) in [7, 11) is 0. The van der Waals surface area contributed by atoms with Crippen molar-refractivity contribution in [2.45, 2.75) is 31.8 Å². The third-order valence-electron chi connectivity index (χ3n) is 4.18.